The van der Waals surface area contributed by atoms with Crippen LogP contribution in [0.5, 0.6) is 0 Å². The third-order valence-electron chi connectivity index (χ3n) is 4.58. The molecule has 1 aliphatic heterocycles. The molecular weight excluding hydrogens is 146 g/mol. The SMILES string of the molecule is C[C@H]1[C@H]2C3=C[C@H]([C@@H]4C=NC[C@H]34)[C@@H]12. The van der Waals surface area contributed by atoms with E-state index in [2.05, 4.69) is 24.2 Å². The average molecular weight is 159 g/mol. The summed E-state index contributed by atoms with van der Waals surface area (Å²) in [5.74, 6) is 5.61. The number of allylic oxidation sites excluding steroid dienone is 1. The van der Waals surface area contributed by atoms with E-state index in [0.29, 0.717) is 0 Å². The number of rotatable bonds is 0. The molecule has 62 valence electrons. The Hall–Kier alpha value is -0.590. The largest absolute Gasteiger partial charge is 0.297 e. The van der Waals surface area contributed by atoms with Crippen LogP contribution in [-0.4, -0.2) is 12.8 Å². The first-order valence-corrected chi connectivity index (χ1v) is 5.09. The molecule has 0 radical (unpaired) electrons. The molecule has 12 heavy (non-hydrogen) atoms. The molecule has 0 aromatic carbocycles. The van der Waals surface area contributed by atoms with Gasteiger partial charge < -0.3 is 0 Å². The van der Waals surface area contributed by atoms with Gasteiger partial charge in [-0.2, -0.15) is 0 Å². The van der Waals surface area contributed by atoms with Crippen LogP contribution in [0.4, 0.5) is 0 Å². The van der Waals surface area contributed by atoms with Gasteiger partial charge in [0, 0.05) is 24.6 Å². The maximum atomic E-state index is 4.42. The summed E-state index contributed by atoms with van der Waals surface area (Å²) in [6, 6.07) is 0. The molecule has 1 saturated carbocycles. The van der Waals surface area contributed by atoms with Gasteiger partial charge >= 0.3 is 0 Å². The fourth-order valence-corrected chi connectivity index (χ4v) is 4.01. The van der Waals surface area contributed by atoms with Crippen molar-refractivity contribution in [1.29, 1.82) is 0 Å². The van der Waals surface area contributed by atoms with Crippen LogP contribution in [0.3, 0.4) is 0 Å². The molecule has 0 spiro atoms. The average Bonchev–Trinajstić information content (AvgIpc) is 2.60. The minimum Gasteiger partial charge on any atom is -0.297 e. The molecule has 3 aliphatic carbocycles. The Labute approximate surface area is 72.6 Å². The normalized spacial score (nSPS) is 63.2. The highest BCUT2D eigenvalue weighted by Gasteiger charge is 2.64. The highest BCUT2D eigenvalue weighted by Crippen LogP contribution is 2.69. The van der Waals surface area contributed by atoms with Crippen LogP contribution in [0.1, 0.15) is 6.92 Å². The van der Waals surface area contributed by atoms with Crippen molar-refractivity contribution in [3.8, 4) is 0 Å². The molecular formula is C11H13N. The molecule has 0 aromatic heterocycles. The van der Waals surface area contributed by atoms with Crippen molar-refractivity contribution in [3.63, 3.8) is 0 Å². The van der Waals surface area contributed by atoms with Gasteiger partial charge in [-0.15, -0.1) is 0 Å². The van der Waals surface area contributed by atoms with E-state index in [9.17, 15) is 0 Å². The standard InChI is InChI=1S/C11H13N/c1-5-10-6-2-7(11(5)10)9-4-12-3-8(6)9/h2-3,5-6,8-11H,4H2,1H3/t5-,6-,8+,9-,10-,11+/m1/s1. The van der Waals surface area contributed by atoms with Crippen LogP contribution in [0.15, 0.2) is 16.6 Å². The first-order chi connectivity index (χ1) is 5.88. The minimum absolute atomic E-state index is 0.825. The van der Waals surface area contributed by atoms with Gasteiger partial charge in [0.25, 0.3) is 0 Å². The van der Waals surface area contributed by atoms with Crippen LogP contribution in [0, 0.1) is 35.5 Å². The van der Waals surface area contributed by atoms with Crippen molar-refractivity contribution >= 4 is 6.21 Å². The highest BCUT2D eigenvalue weighted by atomic mass is 14.8. The Morgan fingerprint density at radius 3 is 3.25 bits per heavy atom. The lowest BCUT2D eigenvalue weighted by Gasteiger charge is -2.21. The molecule has 1 heterocycles. The quantitative estimate of drug-likeness (QED) is 0.477. The van der Waals surface area contributed by atoms with Gasteiger partial charge in [0.05, 0.1) is 0 Å². The zero-order valence-electron chi connectivity index (χ0n) is 7.27. The van der Waals surface area contributed by atoms with Gasteiger partial charge in [-0.05, 0) is 23.7 Å². The first kappa shape index (κ1) is 5.95. The van der Waals surface area contributed by atoms with Crippen LogP contribution >= 0.6 is 0 Å². The Balaban J connectivity index is 1.82. The molecule has 0 aromatic rings. The van der Waals surface area contributed by atoms with Crippen LogP contribution in [-0.2, 0) is 0 Å². The van der Waals surface area contributed by atoms with Crippen molar-refractivity contribution in [1.82, 2.24) is 0 Å². The fourth-order valence-electron chi connectivity index (χ4n) is 4.01. The number of aliphatic imine (C=N–C) groups is 1. The lowest BCUT2D eigenvalue weighted by atomic mass is 9.81. The Kier molecular flexibility index (Phi) is 0.768. The van der Waals surface area contributed by atoms with Crippen molar-refractivity contribution in [3.05, 3.63) is 11.6 Å². The van der Waals surface area contributed by atoms with Crippen molar-refractivity contribution in [2.75, 3.05) is 6.54 Å². The van der Waals surface area contributed by atoms with Gasteiger partial charge in [-0.3, -0.25) is 4.99 Å². The Bertz CT molecular complexity index is 315. The van der Waals surface area contributed by atoms with Crippen molar-refractivity contribution < 1.29 is 0 Å². The number of hydrogen-bond acceptors (Lipinski definition) is 1. The molecule has 4 rings (SSSR count). The minimum atomic E-state index is 0.825. The van der Waals surface area contributed by atoms with E-state index >= 15 is 0 Å². The van der Waals surface area contributed by atoms with Gasteiger partial charge in [0.15, 0.2) is 0 Å². The molecule has 1 nitrogen and oxygen atoms in total. The van der Waals surface area contributed by atoms with Crippen LogP contribution < -0.4 is 0 Å². The third-order valence-corrected chi connectivity index (χ3v) is 4.58. The Morgan fingerprint density at radius 2 is 2.33 bits per heavy atom. The predicted octanol–water partition coefficient (Wildman–Crippen LogP) is 1.76. The zero-order valence-corrected chi connectivity index (χ0v) is 7.27. The lowest BCUT2D eigenvalue weighted by molar-refractivity contribution is 0.372. The monoisotopic (exact) mass is 159 g/mol. The van der Waals surface area contributed by atoms with E-state index in [0.717, 1.165) is 42.1 Å². The van der Waals surface area contributed by atoms with Crippen LogP contribution in [0.25, 0.3) is 0 Å². The molecule has 0 saturated heterocycles. The summed E-state index contributed by atoms with van der Waals surface area (Å²) in [4.78, 5) is 4.42. The molecule has 4 aliphatic rings. The fraction of sp³-hybridized carbons (Fsp3) is 0.727. The maximum Gasteiger partial charge on any atom is 0.0457 e. The third kappa shape index (κ3) is 0.429. The first-order valence-electron chi connectivity index (χ1n) is 5.09. The molecule has 6 atom stereocenters. The number of fused-ring (bicyclic) bond motifs is 7. The van der Waals surface area contributed by atoms with E-state index in [-0.39, 0.29) is 0 Å². The van der Waals surface area contributed by atoms with E-state index < -0.39 is 0 Å². The molecule has 0 unspecified atom stereocenters. The van der Waals surface area contributed by atoms with E-state index in [1.54, 1.807) is 5.57 Å². The number of hydrogen-bond donors (Lipinski definition) is 0. The molecule has 2 bridgehead atoms. The van der Waals surface area contributed by atoms with E-state index in [1.807, 2.05) is 0 Å². The van der Waals surface area contributed by atoms with Crippen molar-refractivity contribution in [2.24, 2.45) is 40.5 Å². The molecule has 1 heteroatoms. The smallest absolute Gasteiger partial charge is 0.0457 e. The lowest BCUT2D eigenvalue weighted by Crippen LogP contribution is -2.22. The summed E-state index contributed by atoms with van der Waals surface area (Å²) in [6.45, 7) is 3.52. The Morgan fingerprint density at radius 1 is 1.42 bits per heavy atom. The topological polar surface area (TPSA) is 12.4 Å². The van der Waals surface area contributed by atoms with Crippen molar-refractivity contribution in [2.45, 2.75) is 6.92 Å². The zero-order chi connectivity index (χ0) is 7.87. The summed E-state index contributed by atoms with van der Waals surface area (Å²) < 4.78 is 0. The summed E-state index contributed by atoms with van der Waals surface area (Å²) in [6.07, 6.45) is 4.82. The summed E-state index contributed by atoms with van der Waals surface area (Å²) in [5.41, 5.74) is 1.79. The second kappa shape index (κ2) is 1.55. The highest BCUT2D eigenvalue weighted by molar-refractivity contribution is 5.69. The molecule has 1 fully saturated rings. The number of nitrogens with zero attached hydrogens (tertiary/aromatic N) is 1. The predicted molar refractivity (Wildman–Crippen MR) is 48.1 cm³/mol. The van der Waals surface area contributed by atoms with E-state index in [4.69, 9.17) is 0 Å². The summed E-state index contributed by atoms with van der Waals surface area (Å²) in [7, 11) is 0. The van der Waals surface area contributed by atoms with Gasteiger partial charge in [-0.1, -0.05) is 18.6 Å². The summed E-state index contributed by atoms with van der Waals surface area (Å²) >= 11 is 0. The summed E-state index contributed by atoms with van der Waals surface area (Å²) in [5, 5.41) is 0. The maximum absolute atomic E-state index is 4.42. The second-order valence-corrected chi connectivity index (χ2v) is 4.90. The van der Waals surface area contributed by atoms with Gasteiger partial charge in [0.1, 0.15) is 0 Å². The van der Waals surface area contributed by atoms with Crippen LogP contribution in [0.2, 0.25) is 0 Å². The molecule has 0 N–H and O–H groups in total. The van der Waals surface area contributed by atoms with Gasteiger partial charge in [0.2, 0.25) is 0 Å². The second-order valence-electron chi connectivity index (χ2n) is 4.90. The molecule has 0 amide bonds. The van der Waals surface area contributed by atoms with E-state index in [1.165, 1.54) is 0 Å². The van der Waals surface area contributed by atoms with Gasteiger partial charge in [-0.25, -0.2) is 0 Å².